The number of hydrogen-bond acceptors (Lipinski definition) is 2. The van der Waals surface area contributed by atoms with Crippen molar-refractivity contribution in [3.05, 3.63) is 33.3 Å². The minimum Gasteiger partial charge on any atom is -0.314 e. The third-order valence-corrected chi connectivity index (χ3v) is 3.88. The topological polar surface area (TPSA) is 15.3 Å². The Bertz CT molecular complexity index is 383. The number of benzene rings is 1. The summed E-state index contributed by atoms with van der Waals surface area (Å²) in [6.45, 7) is 3.14. The number of alkyl halides is 1. The zero-order valence-corrected chi connectivity index (χ0v) is 11.8. The Morgan fingerprint density at radius 1 is 1.41 bits per heavy atom. The lowest BCUT2D eigenvalue weighted by Crippen LogP contribution is -2.45. The summed E-state index contributed by atoms with van der Waals surface area (Å²) in [5.41, 5.74) is 0.874. The normalized spacial score (nSPS) is 19.2. The maximum absolute atomic E-state index is 13.3. The standard InChI is InChI=1S/C12H15BrClFN2/c13-9-1-2-10(11(14)7-9)12(8-15)17-5-3-16-4-6-17/h1-2,7,12,16H,3-6,8H2/t12-/m0/s1. The highest BCUT2D eigenvalue weighted by Crippen LogP contribution is 2.30. The number of rotatable bonds is 3. The van der Waals surface area contributed by atoms with Crippen LogP contribution in [0.2, 0.25) is 5.02 Å². The second-order valence-electron chi connectivity index (χ2n) is 4.12. The number of piperazine rings is 1. The first-order valence-electron chi connectivity index (χ1n) is 5.68. The summed E-state index contributed by atoms with van der Waals surface area (Å²) in [7, 11) is 0. The van der Waals surface area contributed by atoms with E-state index in [1.165, 1.54) is 0 Å². The highest BCUT2D eigenvalue weighted by molar-refractivity contribution is 9.10. The van der Waals surface area contributed by atoms with E-state index in [2.05, 4.69) is 26.1 Å². The van der Waals surface area contributed by atoms with Crippen LogP contribution in [0.1, 0.15) is 11.6 Å². The van der Waals surface area contributed by atoms with E-state index in [4.69, 9.17) is 11.6 Å². The van der Waals surface area contributed by atoms with Gasteiger partial charge in [0.15, 0.2) is 0 Å². The molecule has 0 amide bonds. The molecule has 1 heterocycles. The molecule has 94 valence electrons. The maximum Gasteiger partial charge on any atom is 0.109 e. The molecule has 0 unspecified atom stereocenters. The third kappa shape index (κ3) is 3.19. The Balaban J connectivity index is 2.21. The lowest BCUT2D eigenvalue weighted by Gasteiger charge is -2.34. The molecule has 2 rings (SSSR count). The van der Waals surface area contributed by atoms with Crippen molar-refractivity contribution in [2.24, 2.45) is 0 Å². The lowest BCUT2D eigenvalue weighted by atomic mass is 10.1. The fraction of sp³-hybridized carbons (Fsp3) is 0.500. The van der Waals surface area contributed by atoms with Crippen molar-refractivity contribution in [2.45, 2.75) is 6.04 Å². The van der Waals surface area contributed by atoms with E-state index in [9.17, 15) is 4.39 Å². The quantitative estimate of drug-likeness (QED) is 0.920. The summed E-state index contributed by atoms with van der Waals surface area (Å²) >= 11 is 9.54. The van der Waals surface area contributed by atoms with Crippen LogP contribution < -0.4 is 5.32 Å². The second-order valence-corrected chi connectivity index (χ2v) is 5.44. The molecule has 5 heteroatoms. The maximum atomic E-state index is 13.3. The summed E-state index contributed by atoms with van der Waals surface area (Å²) < 4.78 is 14.2. The molecule has 1 aliphatic rings. The lowest BCUT2D eigenvalue weighted by molar-refractivity contribution is 0.147. The molecule has 1 aliphatic heterocycles. The predicted molar refractivity (Wildman–Crippen MR) is 72.3 cm³/mol. The molecule has 1 fully saturated rings. The SMILES string of the molecule is FC[C@@H](c1ccc(Br)cc1Cl)N1CCNCC1. The van der Waals surface area contributed by atoms with Gasteiger partial charge in [-0.25, -0.2) is 4.39 Å². The Hall–Kier alpha value is -0.160. The monoisotopic (exact) mass is 320 g/mol. The molecular formula is C12H15BrClFN2. The van der Waals surface area contributed by atoms with Gasteiger partial charge in [-0.15, -0.1) is 0 Å². The van der Waals surface area contributed by atoms with Crippen LogP contribution in [-0.4, -0.2) is 37.8 Å². The van der Waals surface area contributed by atoms with Crippen LogP contribution in [0.4, 0.5) is 4.39 Å². The van der Waals surface area contributed by atoms with Crippen molar-refractivity contribution in [1.82, 2.24) is 10.2 Å². The van der Waals surface area contributed by atoms with Gasteiger partial charge < -0.3 is 5.32 Å². The van der Waals surface area contributed by atoms with Crippen LogP contribution in [0.25, 0.3) is 0 Å². The summed E-state index contributed by atoms with van der Waals surface area (Å²) in [4.78, 5) is 2.14. The first-order chi connectivity index (χ1) is 8.22. The second kappa shape index (κ2) is 6.14. The Morgan fingerprint density at radius 2 is 2.12 bits per heavy atom. The summed E-state index contributed by atoms with van der Waals surface area (Å²) in [6, 6.07) is 5.41. The van der Waals surface area contributed by atoms with Gasteiger partial charge in [-0.2, -0.15) is 0 Å². The molecule has 0 saturated carbocycles. The van der Waals surface area contributed by atoms with Crippen LogP contribution in [-0.2, 0) is 0 Å². The Labute approximate surface area is 114 Å². The minimum atomic E-state index is -0.401. The highest BCUT2D eigenvalue weighted by Gasteiger charge is 2.23. The van der Waals surface area contributed by atoms with Crippen molar-refractivity contribution in [1.29, 1.82) is 0 Å². The molecule has 1 atom stereocenters. The van der Waals surface area contributed by atoms with Gasteiger partial charge in [0.2, 0.25) is 0 Å². The van der Waals surface area contributed by atoms with E-state index in [1.807, 2.05) is 18.2 Å². The van der Waals surface area contributed by atoms with E-state index in [0.29, 0.717) is 5.02 Å². The van der Waals surface area contributed by atoms with Crippen molar-refractivity contribution in [3.63, 3.8) is 0 Å². The number of halogens is 3. The number of nitrogens with one attached hydrogen (secondary N) is 1. The van der Waals surface area contributed by atoms with Crippen LogP contribution >= 0.6 is 27.5 Å². The van der Waals surface area contributed by atoms with Crippen LogP contribution in [0.3, 0.4) is 0 Å². The fourth-order valence-corrected chi connectivity index (χ4v) is 2.94. The predicted octanol–water partition coefficient (Wildman–Crippen LogP) is 3.02. The van der Waals surface area contributed by atoms with Gasteiger partial charge in [0, 0.05) is 35.7 Å². The zero-order chi connectivity index (χ0) is 12.3. The zero-order valence-electron chi connectivity index (χ0n) is 9.43. The number of nitrogens with zero attached hydrogens (tertiary/aromatic N) is 1. The third-order valence-electron chi connectivity index (χ3n) is 3.06. The van der Waals surface area contributed by atoms with E-state index in [-0.39, 0.29) is 6.04 Å². The average Bonchev–Trinajstić information content (AvgIpc) is 2.34. The van der Waals surface area contributed by atoms with E-state index < -0.39 is 6.67 Å². The molecule has 1 saturated heterocycles. The van der Waals surface area contributed by atoms with Crippen molar-refractivity contribution in [2.75, 3.05) is 32.9 Å². The van der Waals surface area contributed by atoms with Crippen molar-refractivity contribution in [3.8, 4) is 0 Å². The smallest absolute Gasteiger partial charge is 0.109 e. The molecular weight excluding hydrogens is 307 g/mol. The molecule has 0 radical (unpaired) electrons. The molecule has 0 bridgehead atoms. The summed E-state index contributed by atoms with van der Waals surface area (Å²) in [5.74, 6) is 0. The first-order valence-corrected chi connectivity index (χ1v) is 6.85. The fourth-order valence-electron chi connectivity index (χ4n) is 2.14. The minimum absolute atomic E-state index is 0.224. The Morgan fingerprint density at radius 3 is 2.71 bits per heavy atom. The van der Waals surface area contributed by atoms with E-state index >= 15 is 0 Å². The molecule has 0 aliphatic carbocycles. The van der Waals surface area contributed by atoms with Gasteiger partial charge in [0.25, 0.3) is 0 Å². The largest absolute Gasteiger partial charge is 0.314 e. The van der Waals surface area contributed by atoms with Gasteiger partial charge in [0.05, 0.1) is 6.04 Å². The summed E-state index contributed by atoms with van der Waals surface area (Å²) in [5, 5.41) is 3.89. The van der Waals surface area contributed by atoms with Crippen molar-refractivity contribution < 1.29 is 4.39 Å². The molecule has 2 nitrogen and oxygen atoms in total. The molecule has 0 spiro atoms. The molecule has 1 aromatic rings. The first kappa shape index (κ1) is 13.3. The van der Waals surface area contributed by atoms with E-state index in [1.54, 1.807) is 0 Å². The van der Waals surface area contributed by atoms with Gasteiger partial charge >= 0.3 is 0 Å². The van der Waals surface area contributed by atoms with Crippen LogP contribution in [0.15, 0.2) is 22.7 Å². The van der Waals surface area contributed by atoms with Gasteiger partial charge in [-0.3, -0.25) is 4.90 Å². The van der Waals surface area contributed by atoms with Crippen LogP contribution in [0.5, 0.6) is 0 Å². The average molecular weight is 322 g/mol. The van der Waals surface area contributed by atoms with Crippen molar-refractivity contribution >= 4 is 27.5 Å². The summed E-state index contributed by atoms with van der Waals surface area (Å²) in [6.07, 6.45) is 0. The molecule has 17 heavy (non-hydrogen) atoms. The highest BCUT2D eigenvalue weighted by atomic mass is 79.9. The van der Waals surface area contributed by atoms with Gasteiger partial charge in [0.1, 0.15) is 6.67 Å². The Kier molecular flexibility index (Phi) is 4.79. The molecule has 1 aromatic carbocycles. The van der Waals surface area contributed by atoms with Gasteiger partial charge in [-0.1, -0.05) is 33.6 Å². The van der Waals surface area contributed by atoms with Crippen LogP contribution in [0, 0.1) is 0 Å². The molecule has 0 aromatic heterocycles. The van der Waals surface area contributed by atoms with Gasteiger partial charge in [-0.05, 0) is 17.7 Å². The molecule has 1 N–H and O–H groups in total. The van der Waals surface area contributed by atoms with E-state index in [0.717, 1.165) is 36.2 Å². The number of hydrogen-bond donors (Lipinski definition) is 1.